The predicted octanol–water partition coefficient (Wildman–Crippen LogP) is 5.10. The molecule has 35 heavy (non-hydrogen) atoms. The Morgan fingerprint density at radius 1 is 0.829 bits per heavy atom. The van der Waals surface area contributed by atoms with E-state index in [1.807, 2.05) is 0 Å². The number of benzene rings is 1. The van der Waals surface area contributed by atoms with Gasteiger partial charge in [-0.2, -0.15) is 0 Å². The molecule has 0 amide bonds. The van der Waals surface area contributed by atoms with Gasteiger partial charge in [-0.1, -0.05) is 19.3 Å². The van der Waals surface area contributed by atoms with Crippen molar-refractivity contribution in [3.8, 4) is 5.88 Å². The maximum Gasteiger partial charge on any atom is 0.218 e. The van der Waals surface area contributed by atoms with Crippen LogP contribution >= 0.6 is 0 Å². The van der Waals surface area contributed by atoms with Crippen molar-refractivity contribution >= 4 is 10.9 Å². The number of fused-ring (bicyclic) bond motifs is 2. The van der Waals surface area contributed by atoms with Gasteiger partial charge in [0.2, 0.25) is 5.88 Å². The fourth-order valence-corrected chi connectivity index (χ4v) is 7.00. The van der Waals surface area contributed by atoms with E-state index in [0.717, 1.165) is 63.6 Å². The summed E-state index contributed by atoms with van der Waals surface area (Å²) >= 11 is 0. The highest BCUT2D eigenvalue weighted by Gasteiger charge is 2.28. The number of pyridine rings is 1. The van der Waals surface area contributed by atoms with Crippen LogP contribution in [0.5, 0.6) is 5.88 Å². The van der Waals surface area contributed by atoms with Crippen molar-refractivity contribution in [2.24, 2.45) is 5.92 Å². The van der Waals surface area contributed by atoms with Gasteiger partial charge in [0.05, 0.1) is 18.2 Å². The van der Waals surface area contributed by atoms with E-state index in [4.69, 9.17) is 9.72 Å². The van der Waals surface area contributed by atoms with Gasteiger partial charge in [0, 0.05) is 36.6 Å². The third-order valence-corrected chi connectivity index (χ3v) is 9.21. The Hall–Kier alpha value is -1.69. The molecule has 1 saturated carbocycles. The Morgan fingerprint density at radius 2 is 1.57 bits per heavy atom. The highest BCUT2D eigenvalue weighted by atomic mass is 16.5. The van der Waals surface area contributed by atoms with Crippen LogP contribution < -0.4 is 4.74 Å². The lowest BCUT2D eigenvalue weighted by atomic mass is 9.90. The van der Waals surface area contributed by atoms with E-state index in [-0.39, 0.29) is 6.10 Å². The second-order valence-electron chi connectivity index (χ2n) is 11.7. The SMILES string of the molecule is OC1CCN(C2CCN(Cc3cc4cc5c(cc4nc3OCC3CCCCC3)CCC5)CC2)CC1. The molecule has 2 aliphatic carbocycles. The minimum atomic E-state index is -0.0833. The monoisotopic (exact) mass is 477 g/mol. The Balaban J connectivity index is 1.16. The Kier molecular flexibility index (Phi) is 7.27. The number of piperidine rings is 2. The van der Waals surface area contributed by atoms with Crippen molar-refractivity contribution in [1.29, 1.82) is 0 Å². The van der Waals surface area contributed by atoms with Crippen molar-refractivity contribution < 1.29 is 9.84 Å². The van der Waals surface area contributed by atoms with Gasteiger partial charge in [-0.05, 0) is 106 Å². The van der Waals surface area contributed by atoms with Crippen LogP contribution in [0.25, 0.3) is 10.9 Å². The summed E-state index contributed by atoms with van der Waals surface area (Å²) in [5.41, 5.74) is 5.39. The lowest BCUT2D eigenvalue weighted by Gasteiger charge is -2.41. The van der Waals surface area contributed by atoms with Crippen LogP contribution in [0.4, 0.5) is 0 Å². The summed E-state index contributed by atoms with van der Waals surface area (Å²) in [6.45, 7) is 6.14. The molecule has 6 rings (SSSR count). The molecule has 4 aliphatic rings. The van der Waals surface area contributed by atoms with Crippen LogP contribution in [0.1, 0.15) is 80.9 Å². The first kappa shape index (κ1) is 23.7. The molecule has 1 aromatic carbocycles. The zero-order chi connectivity index (χ0) is 23.6. The molecule has 1 aromatic heterocycles. The number of hydrogen-bond donors (Lipinski definition) is 1. The van der Waals surface area contributed by atoms with Gasteiger partial charge in [0.25, 0.3) is 0 Å². The second-order valence-corrected chi connectivity index (χ2v) is 11.7. The molecule has 0 unspecified atom stereocenters. The van der Waals surface area contributed by atoms with Crippen LogP contribution in [0, 0.1) is 5.92 Å². The maximum absolute atomic E-state index is 9.86. The lowest BCUT2D eigenvalue weighted by molar-refractivity contribution is 0.0374. The highest BCUT2D eigenvalue weighted by molar-refractivity contribution is 5.82. The average Bonchev–Trinajstić information content (AvgIpc) is 3.35. The summed E-state index contributed by atoms with van der Waals surface area (Å²) < 4.78 is 6.50. The molecular weight excluding hydrogens is 434 g/mol. The molecule has 2 aromatic rings. The van der Waals surface area contributed by atoms with Gasteiger partial charge in [-0.15, -0.1) is 0 Å². The molecule has 2 saturated heterocycles. The van der Waals surface area contributed by atoms with E-state index < -0.39 is 0 Å². The lowest BCUT2D eigenvalue weighted by Crippen LogP contribution is -2.48. The molecule has 190 valence electrons. The molecule has 3 heterocycles. The van der Waals surface area contributed by atoms with Crippen LogP contribution in [-0.2, 0) is 19.4 Å². The molecule has 0 spiro atoms. The van der Waals surface area contributed by atoms with Crippen LogP contribution in [0.3, 0.4) is 0 Å². The molecule has 0 radical (unpaired) electrons. The summed E-state index contributed by atoms with van der Waals surface area (Å²) in [5.74, 6) is 1.57. The number of hydrogen-bond acceptors (Lipinski definition) is 5. The number of ether oxygens (including phenoxy) is 1. The first-order chi connectivity index (χ1) is 17.2. The molecule has 5 heteroatoms. The molecule has 5 nitrogen and oxygen atoms in total. The Labute approximate surface area is 210 Å². The number of rotatable bonds is 6. The van der Waals surface area contributed by atoms with Gasteiger partial charge < -0.3 is 14.7 Å². The van der Waals surface area contributed by atoms with Crippen molar-refractivity contribution in [1.82, 2.24) is 14.8 Å². The molecular formula is C30H43N3O2. The number of aliphatic hydroxyl groups is 1. The molecule has 0 bridgehead atoms. The molecule has 3 fully saturated rings. The molecule has 2 aliphatic heterocycles. The minimum Gasteiger partial charge on any atom is -0.477 e. The van der Waals surface area contributed by atoms with Gasteiger partial charge in [0.15, 0.2) is 0 Å². The smallest absolute Gasteiger partial charge is 0.218 e. The Bertz CT molecular complexity index is 1000. The summed E-state index contributed by atoms with van der Waals surface area (Å²) in [7, 11) is 0. The van der Waals surface area contributed by atoms with Crippen molar-refractivity contribution in [2.45, 2.75) is 95.7 Å². The molecule has 1 N–H and O–H groups in total. The summed E-state index contributed by atoms with van der Waals surface area (Å²) in [6.07, 6.45) is 14.6. The average molecular weight is 478 g/mol. The van der Waals surface area contributed by atoms with E-state index in [1.54, 1.807) is 0 Å². The van der Waals surface area contributed by atoms with Gasteiger partial charge in [-0.3, -0.25) is 4.90 Å². The van der Waals surface area contributed by atoms with Crippen LogP contribution in [0.15, 0.2) is 18.2 Å². The topological polar surface area (TPSA) is 48.8 Å². The number of aryl methyl sites for hydroxylation is 2. The summed E-state index contributed by atoms with van der Waals surface area (Å²) in [4.78, 5) is 10.4. The first-order valence-corrected chi connectivity index (χ1v) is 14.4. The van der Waals surface area contributed by atoms with Gasteiger partial charge in [0.1, 0.15) is 0 Å². The molecule has 0 atom stereocenters. The van der Waals surface area contributed by atoms with E-state index in [2.05, 4.69) is 28.0 Å². The largest absolute Gasteiger partial charge is 0.477 e. The summed E-state index contributed by atoms with van der Waals surface area (Å²) in [6, 6.07) is 7.79. The van der Waals surface area contributed by atoms with Crippen molar-refractivity contribution in [2.75, 3.05) is 32.8 Å². The predicted molar refractivity (Wildman–Crippen MR) is 141 cm³/mol. The minimum absolute atomic E-state index is 0.0833. The zero-order valence-electron chi connectivity index (χ0n) is 21.4. The van der Waals surface area contributed by atoms with Crippen molar-refractivity contribution in [3.63, 3.8) is 0 Å². The van der Waals surface area contributed by atoms with E-state index >= 15 is 0 Å². The fraction of sp³-hybridized carbons (Fsp3) is 0.700. The number of nitrogens with zero attached hydrogens (tertiary/aromatic N) is 3. The van der Waals surface area contributed by atoms with E-state index in [9.17, 15) is 5.11 Å². The zero-order valence-corrected chi connectivity index (χ0v) is 21.4. The number of aromatic nitrogens is 1. The Morgan fingerprint density at radius 3 is 2.34 bits per heavy atom. The fourth-order valence-electron chi connectivity index (χ4n) is 7.00. The van der Waals surface area contributed by atoms with Gasteiger partial charge >= 0.3 is 0 Å². The van der Waals surface area contributed by atoms with Crippen molar-refractivity contribution in [3.05, 3.63) is 34.9 Å². The number of likely N-dealkylation sites (tertiary alicyclic amines) is 2. The third-order valence-electron chi connectivity index (χ3n) is 9.21. The quantitative estimate of drug-likeness (QED) is 0.627. The van der Waals surface area contributed by atoms with Crippen LogP contribution in [-0.4, -0.2) is 64.8 Å². The van der Waals surface area contributed by atoms with E-state index in [1.165, 1.54) is 86.3 Å². The van der Waals surface area contributed by atoms with Gasteiger partial charge in [-0.25, -0.2) is 4.98 Å². The highest BCUT2D eigenvalue weighted by Crippen LogP contribution is 2.32. The number of aliphatic hydroxyl groups excluding tert-OH is 1. The van der Waals surface area contributed by atoms with E-state index in [0.29, 0.717) is 12.0 Å². The summed E-state index contributed by atoms with van der Waals surface area (Å²) in [5, 5.41) is 11.1. The van der Waals surface area contributed by atoms with Crippen LogP contribution in [0.2, 0.25) is 0 Å². The standard InChI is InChI=1S/C30H43N3O2/c34-28-11-15-33(16-12-28)27-9-13-32(14-10-27)20-26-18-25-17-23-7-4-8-24(23)19-29(25)31-30(26)35-21-22-5-2-1-3-6-22/h17-19,22,27-28,34H,1-16,20-21H2. The first-order valence-electron chi connectivity index (χ1n) is 14.4. The normalized spacial score (nSPS) is 23.7. The maximum atomic E-state index is 9.86. The second kappa shape index (κ2) is 10.7. The third kappa shape index (κ3) is 5.52.